The second-order valence-electron chi connectivity index (χ2n) is 7.57. The number of ether oxygens (including phenoxy) is 1. The Morgan fingerprint density at radius 1 is 1.03 bits per heavy atom. The lowest BCUT2D eigenvalue weighted by molar-refractivity contribution is -0.148. The standard InChI is InChI=1S/C23H23NO6S/c1-16-19-9-5-6-10-21(19)30-22(16)20(25)15-29-23(26)17-11-13-24(14-12-17)31(27,28)18-7-3-2-4-8-18/h2-10,17H,11-15H2,1H3. The molecule has 31 heavy (non-hydrogen) atoms. The number of hydrogen-bond acceptors (Lipinski definition) is 6. The summed E-state index contributed by atoms with van der Waals surface area (Å²) in [5, 5.41) is 0.851. The van der Waals surface area contributed by atoms with Gasteiger partial charge in [-0.2, -0.15) is 4.31 Å². The van der Waals surface area contributed by atoms with Gasteiger partial charge in [-0.15, -0.1) is 0 Å². The van der Waals surface area contributed by atoms with Crippen LogP contribution in [-0.2, 0) is 19.6 Å². The van der Waals surface area contributed by atoms with Crippen LogP contribution in [0.2, 0.25) is 0 Å². The van der Waals surface area contributed by atoms with Gasteiger partial charge in [0.05, 0.1) is 10.8 Å². The fourth-order valence-electron chi connectivity index (χ4n) is 3.83. The highest BCUT2D eigenvalue weighted by Crippen LogP contribution is 2.26. The number of carbonyl (C=O) groups excluding carboxylic acids is 2. The second-order valence-corrected chi connectivity index (χ2v) is 9.51. The van der Waals surface area contributed by atoms with E-state index in [1.54, 1.807) is 43.3 Å². The van der Waals surface area contributed by atoms with Gasteiger partial charge in [0.25, 0.3) is 0 Å². The van der Waals surface area contributed by atoms with Gasteiger partial charge in [0.1, 0.15) is 5.58 Å². The zero-order valence-corrected chi connectivity index (χ0v) is 17.9. The number of Topliss-reactive ketones (excluding diaryl/α,β-unsaturated/α-hetero) is 1. The van der Waals surface area contributed by atoms with Crippen molar-refractivity contribution in [1.82, 2.24) is 4.31 Å². The third kappa shape index (κ3) is 4.26. The van der Waals surface area contributed by atoms with E-state index in [1.807, 2.05) is 18.2 Å². The average Bonchev–Trinajstić information content (AvgIpc) is 3.14. The fourth-order valence-corrected chi connectivity index (χ4v) is 5.32. The number of nitrogens with zero attached hydrogens (tertiary/aromatic N) is 1. The lowest BCUT2D eigenvalue weighted by Gasteiger charge is -2.30. The Morgan fingerprint density at radius 3 is 2.35 bits per heavy atom. The van der Waals surface area contributed by atoms with Gasteiger partial charge in [-0.1, -0.05) is 36.4 Å². The molecule has 1 aromatic heterocycles. The summed E-state index contributed by atoms with van der Waals surface area (Å²) < 4.78 is 37.6. The van der Waals surface area contributed by atoms with Crippen molar-refractivity contribution in [1.29, 1.82) is 0 Å². The quantitative estimate of drug-likeness (QED) is 0.429. The summed E-state index contributed by atoms with van der Waals surface area (Å²) in [5.41, 5.74) is 1.33. The number of esters is 1. The van der Waals surface area contributed by atoms with Gasteiger partial charge in [-0.3, -0.25) is 9.59 Å². The predicted octanol–water partition coefficient (Wildman–Crippen LogP) is 3.57. The van der Waals surface area contributed by atoms with Crippen LogP contribution in [0.25, 0.3) is 11.0 Å². The number of fused-ring (bicyclic) bond motifs is 1. The third-order valence-electron chi connectivity index (χ3n) is 5.61. The lowest BCUT2D eigenvalue weighted by atomic mass is 9.98. The summed E-state index contributed by atoms with van der Waals surface area (Å²) in [6.07, 6.45) is 0.700. The Kier molecular flexibility index (Phi) is 5.93. The van der Waals surface area contributed by atoms with Gasteiger partial charge >= 0.3 is 5.97 Å². The molecule has 8 heteroatoms. The summed E-state index contributed by atoms with van der Waals surface area (Å²) in [6.45, 7) is 1.85. The van der Waals surface area contributed by atoms with Crippen molar-refractivity contribution in [2.45, 2.75) is 24.7 Å². The number of ketones is 1. The number of para-hydroxylation sites is 1. The molecule has 0 radical (unpaired) electrons. The largest absolute Gasteiger partial charge is 0.457 e. The van der Waals surface area contributed by atoms with Crippen molar-refractivity contribution in [3.8, 4) is 0 Å². The van der Waals surface area contributed by atoms with Crippen LogP contribution in [0.15, 0.2) is 63.9 Å². The van der Waals surface area contributed by atoms with E-state index < -0.39 is 34.3 Å². The first-order valence-electron chi connectivity index (χ1n) is 10.1. The molecule has 7 nitrogen and oxygen atoms in total. The molecule has 0 N–H and O–H groups in total. The Bertz CT molecular complexity index is 1210. The van der Waals surface area contributed by atoms with Gasteiger partial charge in [0.15, 0.2) is 12.4 Å². The second kappa shape index (κ2) is 8.64. The smallest absolute Gasteiger partial charge is 0.309 e. The van der Waals surface area contributed by atoms with Crippen LogP contribution >= 0.6 is 0 Å². The van der Waals surface area contributed by atoms with Crippen molar-refractivity contribution < 1.29 is 27.2 Å². The van der Waals surface area contributed by atoms with Crippen molar-refractivity contribution in [3.05, 3.63) is 65.9 Å². The highest BCUT2D eigenvalue weighted by molar-refractivity contribution is 7.89. The van der Waals surface area contributed by atoms with Crippen molar-refractivity contribution in [2.24, 2.45) is 5.92 Å². The predicted molar refractivity (Wildman–Crippen MR) is 114 cm³/mol. The minimum Gasteiger partial charge on any atom is -0.457 e. The monoisotopic (exact) mass is 441 g/mol. The molecule has 1 aliphatic heterocycles. The molecule has 0 aliphatic carbocycles. The average molecular weight is 442 g/mol. The molecule has 0 unspecified atom stereocenters. The number of aryl methyl sites for hydroxylation is 1. The number of benzene rings is 2. The number of carbonyl (C=O) groups is 2. The van der Waals surface area contributed by atoms with Crippen LogP contribution in [0.1, 0.15) is 29.0 Å². The SMILES string of the molecule is Cc1c(C(=O)COC(=O)C2CCN(S(=O)(=O)c3ccccc3)CC2)oc2ccccc12. The van der Waals surface area contributed by atoms with Crippen LogP contribution in [0.5, 0.6) is 0 Å². The summed E-state index contributed by atoms with van der Waals surface area (Å²) in [5.74, 6) is -1.13. The van der Waals surface area contributed by atoms with Crippen LogP contribution in [0, 0.1) is 12.8 Å². The molecule has 162 valence electrons. The van der Waals surface area contributed by atoms with Crippen molar-refractivity contribution in [3.63, 3.8) is 0 Å². The highest BCUT2D eigenvalue weighted by atomic mass is 32.2. The first-order chi connectivity index (χ1) is 14.9. The molecular weight excluding hydrogens is 418 g/mol. The molecule has 0 saturated carbocycles. The maximum Gasteiger partial charge on any atom is 0.309 e. The van der Waals surface area contributed by atoms with Crippen LogP contribution < -0.4 is 0 Å². The van der Waals surface area contributed by atoms with Crippen LogP contribution in [0.3, 0.4) is 0 Å². The zero-order chi connectivity index (χ0) is 22.0. The number of hydrogen-bond donors (Lipinski definition) is 0. The van der Waals surface area contributed by atoms with E-state index in [9.17, 15) is 18.0 Å². The van der Waals surface area contributed by atoms with Crippen molar-refractivity contribution in [2.75, 3.05) is 19.7 Å². The lowest BCUT2D eigenvalue weighted by Crippen LogP contribution is -2.40. The number of sulfonamides is 1. The van der Waals surface area contributed by atoms with Gasteiger partial charge in [0.2, 0.25) is 15.8 Å². The summed E-state index contributed by atoms with van der Waals surface area (Å²) >= 11 is 0. The molecule has 2 heterocycles. The molecule has 1 fully saturated rings. The van der Waals surface area contributed by atoms with E-state index >= 15 is 0 Å². The molecule has 2 aromatic carbocycles. The highest BCUT2D eigenvalue weighted by Gasteiger charge is 2.33. The summed E-state index contributed by atoms with van der Waals surface area (Å²) in [7, 11) is -3.58. The fraction of sp³-hybridized carbons (Fsp3) is 0.304. The first-order valence-corrected chi connectivity index (χ1v) is 11.5. The molecule has 3 aromatic rings. The Labute approximate surface area is 180 Å². The van der Waals surface area contributed by atoms with E-state index in [1.165, 1.54) is 4.31 Å². The topological polar surface area (TPSA) is 93.9 Å². The van der Waals surface area contributed by atoms with E-state index in [-0.39, 0.29) is 23.7 Å². The Morgan fingerprint density at radius 2 is 1.68 bits per heavy atom. The summed E-state index contributed by atoms with van der Waals surface area (Å²) in [6, 6.07) is 15.6. The van der Waals surface area contributed by atoms with Gasteiger partial charge < -0.3 is 9.15 Å². The number of rotatable bonds is 6. The molecule has 0 amide bonds. The molecule has 0 bridgehead atoms. The number of piperidine rings is 1. The van der Waals surface area contributed by atoms with Gasteiger partial charge in [-0.05, 0) is 38.0 Å². The van der Waals surface area contributed by atoms with Gasteiger partial charge in [0, 0.05) is 24.0 Å². The normalized spacial score (nSPS) is 15.8. The molecule has 1 aliphatic rings. The van der Waals surface area contributed by atoms with E-state index in [4.69, 9.17) is 9.15 Å². The zero-order valence-electron chi connectivity index (χ0n) is 17.1. The minimum absolute atomic E-state index is 0.192. The Hall–Kier alpha value is -2.97. The maximum absolute atomic E-state index is 12.7. The maximum atomic E-state index is 12.7. The number of furan rings is 1. The van der Waals surface area contributed by atoms with E-state index in [0.717, 1.165) is 10.9 Å². The van der Waals surface area contributed by atoms with Crippen LogP contribution in [-0.4, -0.2) is 44.2 Å². The van der Waals surface area contributed by atoms with E-state index in [2.05, 4.69) is 0 Å². The molecule has 4 rings (SSSR count). The summed E-state index contributed by atoms with van der Waals surface area (Å²) in [4.78, 5) is 25.2. The molecule has 0 atom stereocenters. The molecular formula is C23H23NO6S. The first kappa shape index (κ1) is 21.3. The third-order valence-corrected chi connectivity index (χ3v) is 7.52. The van der Waals surface area contributed by atoms with E-state index in [0.29, 0.717) is 18.4 Å². The van der Waals surface area contributed by atoms with Gasteiger partial charge in [-0.25, -0.2) is 8.42 Å². The molecule has 1 saturated heterocycles. The van der Waals surface area contributed by atoms with Crippen LogP contribution in [0.4, 0.5) is 0 Å². The molecule has 0 spiro atoms. The Balaban J connectivity index is 1.33. The minimum atomic E-state index is -3.58. The van der Waals surface area contributed by atoms with Crippen molar-refractivity contribution >= 4 is 32.7 Å².